The molecule has 0 bridgehead atoms. The highest BCUT2D eigenvalue weighted by atomic mass is 32.1. The highest BCUT2D eigenvalue weighted by Gasteiger charge is 2.19. The molecule has 21 heavy (non-hydrogen) atoms. The Morgan fingerprint density at radius 3 is 2.81 bits per heavy atom. The van der Waals surface area contributed by atoms with E-state index in [4.69, 9.17) is 0 Å². The zero-order valence-electron chi connectivity index (χ0n) is 12.5. The predicted molar refractivity (Wildman–Crippen MR) is 85.8 cm³/mol. The van der Waals surface area contributed by atoms with Gasteiger partial charge < -0.3 is 10.6 Å². The first-order chi connectivity index (χ1) is 10.1. The molecule has 2 rings (SSSR count). The summed E-state index contributed by atoms with van der Waals surface area (Å²) < 4.78 is 3.90. The second-order valence-electron chi connectivity index (χ2n) is 5.03. The van der Waals surface area contributed by atoms with Crippen LogP contribution < -0.4 is 10.6 Å². The van der Waals surface area contributed by atoms with Gasteiger partial charge in [0, 0.05) is 12.2 Å². The number of amides is 1. The molecule has 1 amide bonds. The van der Waals surface area contributed by atoms with Crippen LogP contribution in [0.5, 0.6) is 0 Å². The minimum absolute atomic E-state index is 0.141. The fourth-order valence-electron chi connectivity index (χ4n) is 1.97. The second kappa shape index (κ2) is 7.28. The third-order valence-corrected chi connectivity index (χ3v) is 3.84. The summed E-state index contributed by atoms with van der Waals surface area (Å²) in [5, 5.41) is 10.3. The van der Waals surface area contributed by atoms with Gasteiger partial charge in [0.05, 0.1) is 5.69 Å². The van der Waals surface area contributed by atoms with E-state index in [1.54, 1.807) is 0 Å². The van der Waals surface area contributed by atoms with Gasteiger partial charge in [-0.25, -0.2) is 0 Å². The average Bonchev–Trinajstić information content (AvgIpc) is 2.96. The van der Waals surface area contributed by atoms with Gasteiger partial charge in [0.25, 0.3) is 5.91 Å². The van der Waals surface area contributed by atoms with E-state index in [-0.39, 0.29) is 11.8 Å². The molecule has 0 fully saturated rings. The highest BCUT2D eigenvalue weighted by Crippen LogP contribution is 2.22. The van der Waals surface area contributed by atoms with Crippen molar-refractivity contribution in [3.05, 3.63) is 40.4 Å². The lowest BCUT2D eigenvalue weighted by atomic mass is 10.1. The number of nitrogens with one attached hydrogen (secondary N) is 2. The van der Waals surface area contributed by atoms with Crippen molar-refractivity contribution in [2.45, 2.75) is 33.2 Å². The van der Waals surface area contributed by atoms with E-state index in [1.165, 1.54) is 0 Å². The molecule has 0 radical (unpaired) electrons. The van der Waals surface area contributed by atoms with Gasteiger partial charge in [-0.3, -0.25) is 4.79 Å². The molecule has 5 nitrogen and oxygen atoms in total. The topological polar surface area (TPSA) is 66.9 Å². The molecule has 1 aromatic carbocycles. The van der Waals surface area contributed by atoms with E-state index in [0.29, 0.717) is 4.88 Å². The molecule has 0 spiro atoms. The van der Waals surface area contributed by atoms with Gasteiger partial charge in [-0.05, 0) is 35.6 Å². The van der Waals surface area contributed by atoms with Crippen LogP contribution in [0, 0.1) is 0 Å². The number of anilines is 1. The average molecular weight is 304 g/mol. The molecule has 0 unspecified atom stereocenters. The first-order valence-corrected chi connectivity index (χ1v) is 7.83. The first kappa shape index (κ1) is 15.6. The van der Waals surface area contributed by atoms with Crippen LogP contribution in [0.15, 0.2) is 24.3 Å². The fourth-order valence-corrected chi connectivity index (χ4v) is 2.68. The highest BCUT2D eigenvalue weighted by molar-refractivity contribution is 7.08. The van der Waals surface area contributed by atoms with Crippen molar-refractivity contribution in [3.8, 4) is 0 Å². The van der Waals surface area contributed by atoms with Crippen LogP contribution in [0.3, 0.4) is 0 Å². The standard InChI is InChI=1S/C15H20N4OS/c1-4-16-9-11-7-5-6-8-12(11)17-15(20)14-13(10(2)3)18-19-21-14/h5-8,10,16H,4,9H2,1-3H3,(H,17,20). The van der Waals surface area contributed by atoms with E-state index in [0.717, 1.165) is 41.6 Å². The van der Waals surface area contributed by atoms with Gasteiger partial charge in [-0.15, -0.1) is 5.10 Å². The van der Waals surface area contributed by atoms with Crippen LogP contribution >= 0.6 is 11.5 Å². The molecule has 0 saturated carbocycles. The molecular weight excluding hydrogens is 284 g/mol. The van der Waals surface area contributed by atoms with E-state index < -0.39 is 0 Å². The number of para-hydroxylation sites is 1. The number of nitrogens with zero attached hydrogens (tertiary/aromatic N) is 2. The molecule has 1 heterocycles. The Balaban J connectivity index is 2.18. The molecule has 0 aliphatic heterocycles. The summed E-state index contributed by atoms with van der Waals surface area (Å²) in [6.45, 7) is 7.68. The molecule has 1 aromatic heterocycles. The SMILES string of the molecule is CCNCc1ccccc1NC(=O)c1snnc1C(C)C. The molecule has 2 N–H and O–H groups in total. The summed E-state index contributed by atoms with van der Waals surface area (Å²) in [5.74, 6) is 0.0409. The van der Waals surface area contributed by atoms with E-state index >= 15 is 0 Å². The quantitative estimate of drug-likeness (QED) is 0.861. The van der Waals surface area contributed by atoms with E-state index in [1.807, 2.05) is 38.1 Å². The van der Waals surface area contributed by atoms with E-state index in [2.05, 4.69) is 27.1 Å². The van der Waals surface area contributed by atoms with Crippen molar-refractivity contribution < 1.29 is 4.79 Å². The monoisotopic (exact) mass is 304 g/mol. The number of hydrogen-bond acceptors (Lipinski definition) is 5. The third-order valence-electron chi connectivity index (χ3n) is 3.10. The summed E-state index contributed by atoms with van der Waals surface area (Å²) >= 11 is 1.14. The number of benzene rings is 1. The van der Waals surface area contributed by atoms with Gasteiger partial charge in [0.1, 0.15) is 4.88 Å². The minimum Gasteiger partial charge on any atom is -0.321 e. The number of carbonyl (C=O) groups is 1. The molecule has 112 valence electrons. The summed E-state index contributed by atoms with van der Waals surface area (Å²) in [6, 6.07) is 7.80. The minimum atomic E-state index is -0.141. The Labute approximate surface area is 128 Å². The lowest BCUT2D eigenvalue weighted by Gasteiger charge is -2.11. The second-order valence-corrected chi connectivity index (χ2v) is 5.79. The molecule has 0 atom stereocenters. The van der Waals surface area contributed by atoms with Crippen LogP contribution in [0.1, 0.15) is 47.6 Å². The predicted octanol–water partition coefficient (Wildman–Crippen LogP) is 3.02. The van der Waals surface area contributed by atoms with Crippen molar-refractivity contribution in [3.63, 3.8) is 0 Å². The summed E-state index contributed by atoms with van der Waals surface area (Å²) in [7, 11) is 0. The Hall–Kier alpha value is -1.79. The Bertz CT molecular complexity index is 609. The Kier molecular flexibility index (Phi) is 5.41. The van der Waals surface area contributed by atoms with Crippen LogP contribution in [-0.2, 0) is 6.54 Å². The summed E-state index contributed by atoms with van der Waals surface area (Å²) in [6.07, 6.45) is 0. The maximum Gasteiger partial charge on any atom is 0.269 e. The first-order valence-electron chi connectivity index (χ1n) is 7.05. The molecular formula is C15H20N4OS. The Morgan fingerprint density at radius 1 is 1.33 bits per heavy atom. The van der Waals surface area contributed by atoms with Crippen molar-refractivity contribution >= 4 is 23.1 Å². The molecule has 6 heteroatoms. The normalized spacial score (nSPS) is 10.9. The number of aromatic nitrogens is 2. The smallest absolute Gasteiger partial charge is 0.269 e. The van der Waals surface area contributed by atoms with Crippen molar-refractivity contribution in [1.82, 2.24) is 14.9 Å². The summed E-state index contributed by atoms with van der Waals surface area (Å²) in [5.41, 5.74) is 2.64. The van der Waals surface area contributed by atoms with Crippen LogP contribution in [-0.4, -0.2) is 22.0 Å². The zero-order valence-corrected chi connectivity index (χ0v) is 13.3. The Morgan fingerprint density at radius 2 is 2.10 bits per heavy atom. The van der Waals surface area contributed by atoms with Crippen LogP contribution in [0.25, 0.3) is 0 Å². The van der Waals surface area contributed by atoms with Crippen molar-refractivity contribution in [1.29, 1.82) is 0 Å². The molecule has 0 aliphatic carbocycles. The van der Waals surface area contributed by atoms with Crippen molar-refractivity contribution in [2.24, 2.45) is 0 Å². The zero-order chi connectivity index (χ0) is 15.2. The number of hydrogen-bond donors (Lipinski definition) is 2. The van der Waals surface area contributed by atoms with E-state index in [9.17, 15) is 4.79 Å². The van der Waals surface area contributed by atoms with Gasteiger partial charge in [-0.1, -0.05) is 43.5 Å². The fraction of sp³-hybridized carbons (Fsp3) is 0.400. The van der Waals surface area contributed by atoms with Crippen LogP contribution in [0.2, 0.25) is 0 Å². The van der Waals surface area contributed by atoms with Gasteiger partial charge in [0.2, 0.25) is 0 Å². The van der Waals surface area contributed by atoms with Crippen LogP contribution in [0.4, 0.5) is 5.69 Å². The number of carbonyl (C=O) groups excluding carboxylic acids is 1. The largest absolute Gasteiger partial charge is 0.321 e. The van der Waals surface area contributed by atoms with Gasteiger partial charge in [0.15, 0.2) is 0 Å². The lowest BCUT2D eigenvalue weighted by Crippen LogP contribution is -2.17. The summed E-state index contributed by atoms with van der Waals surface area (Å²) in [4.78, 5) is 13.0. The lowest BCUT2D eigenvalue weighted by molar-refractivity contribution is 0.102. The van der Waals surface area contributed by atoms with Crippen molar-refractivity contribution in [2.75, 3.05) is 11.9 Å². The molecule has 2 aromatic rings. The maximum atomic E-state index is 12.4. The maximum absolute atomic E-state index is 12.4. The third kappa shape index (κ3) is 3.86. The van der Waals surface area contributed by atoms with Gasteiger partial charge in [-0.2, -0.15) is 0 Å². The molecule has 0 aliphatic rings. The molecule has 0 saturated heterocycles. The van der Waals surface area contributed by atoms with Gasteiger partial charge >= 0.3 is 0 Å². The number of rotatable bonds is 6.